The van der Waals surface area contributed by atoms with Gasteiger partial charge in [0.25, 0.3) is 0 Å². The number of hydrogen-bond donors (Lipinski definition) is 1. The van der Waals surface area contributed by atoms with Crippen LogP contribution in [-0.2, 0) is 0 Å². The first-order valence-corrected chi connectivity index (χ1v) is 3.46. The zero-order chi connectivity index (χ0) is 9.84. The third-order valence-corrected chi connectivity index (χ3v) is 1.40. The SMILES string of the molecule is O=[N+]([O-])C1=C=C/C=C(/F)C/C=C\1O. The van der Waals surface area contributed by atoms with Crippen molar-refractivity contribution in [1.82, 2.24) is 0 Å². The summed E-state index contributed by atoms with van der Waals surface area (Å²) in [4.78, 5) is 9.50. The van der Waals surface area contributed by atoms with Crippen LogP contribution in [0.15, 0.2) is 41.2 Å². The summed E-state index contributed by atoms with van der Waals surface area (Å²) in [5.74, 6) is -1.05. The van der Waals surface area contributed by atoms with E-state index in [0.717, 1.165) is 18.2 Å². The molecule has 68 valence electrons. The minimum atomic E-state index is -0.778. The number of aliphatic hydroxyl groups is 1. The monoisotopic (exact) mass is 183 g/mol. The van der Waals surface area contributed by atoms with Crippen molar-refractivity contribution in [1.29, 1.82) is 0 Å². The lowest BCUT2D eigenvalue weighted by atomic mass is 10.2. The molecule has 0 bridgehead atoms. The molecule has 0 saturated heterocycles. The van der Waals surface area contributed by atoms with E-state index in [9.17, 15) is 14.5 Å². The van der Waals surface area contributed by atoms with Crippen LogP contribution in [0.2, 0.25) is 0 Å². The van der Waals surface area contributed by atoms with E-state index in [4.69, 9.17) is 5.11 Å². The average Bonchev–Trinajstić information content (AvgIpc) is 2.05. The second-order valence-corrected chi connectivity index (χ2v) is 2.32. The van der Waals surface area contributed by atoms with Gasteiger partial charge < -0.3 is 5.11 Å². The average molecular weight is 183 g/mol. The lowest BCUT2D eigenvalue weighted by Crippen LogP contribution is -2.01. The van der Waals surface area contributed by atoms with Crippen molar-refractivity contribution >= 4 is 0 Å². The minimum absolute atomic E-state index is 0.151. The van der Waals surface area contributed by atoms with Crippen molar-refractivity contribution in [3.8, 4) is 0 Å². The van der Waals surface area contributed by atoms with E-state index < -0.39 is 22.2 Å². The fourth-order valence-corrected chi connectivity index (χ4v) is 0.790. The maximum Gasteiger partial charge on any atom is 0.352 e. The van der Waals surface area contributed by atoms with Crippen LogP contribution in [0.25, 0.3) is 0 Å². The van der Waals surface area contributed by atoms with Gasteiger partial charge in [-0.2, -0.15) is 0 Å². The third-order valence-electron chi connectivity index (χ3n) is 1.40. The molecule has 0 heterocycles. The fourth-order valence-electron chi connectivity index (χ4n) is 0.790. The second-order valence-electron chi connectivity index (χ2n) is 2.32. The maximum atomic E-state index is 12.6. The van der Waals surface area contributed by atoms with Crippen LogP contribution in [0.4, 0.5) is 4.39 Å². The second kappa shape index (κ2) is 3.69. The van der Waals surface area contributed by atoms with E-state index in [1.54, 1.807) is 0 Å². The summed E-state index contributed by atoms with van der Waals surface area (Å²) in [5.41, 5.74) is 1.61. The first-order chi connectivity index (χ1) is 6.11. The zero-order valence-electron chi connectivity index (χ0n) is 6.53. The molecule has 0 fully saturated rings. The van der Waals surface area contributed by atoms with Gasteiger partial charge in [0.2, 0.25) is 0 Å². The lowest BCUT2D eigenvalue weighted by molar-refractivity contribution is -0.423. The number of nitro groups is 1. The van der Waals surface area contributed by atoms with Gasteiger partial charge in [-0.05, 0) is 24.0 Å². The van der Waals surface area contributed by atoms with Crippen LogP contribution < -0.4 is 0 Å². The van der Waals surface area contributed by atoms with Crippen LogP contribution >= 0.6 is 0 Å². The summed E-state index contributed by atoms with van der Waals surface area (Å²) in [7, 11) is 0. The van der Waals surface area contributed by atoms with Gasteiger partial charge in [0.1, 0.15) is 5.83 Å². The van der Waals surface area contributed by atoms with Crippen LogP contribution in [0.3, 0.4) is 0 Å². The number of allylic oxidation sites excluding steroid dienone is 3. The lowest BCUT2D eigenvalue weighted by Gasteiger charge is -1.96. The zero-order valence-corrected chi connectivity index (χ0v) is 6.53. The Kier molecular flexibility index (Phi) is 2.62. The highest BCUT2D eigenvalue weighted by Gasteiger charge is 2.15. The highest BCUT2D eigenvalue weighted by molar-refractivity contribution is 5.24. The summed E-state index contributed by atoms with van der Waals surface area (Å²) in [6.45, 7) is 0. The minimum Gasteiger partial charge on any atom is -0.502 e. The summed E-state index contributed by atoms with van der Waals surface area (Å²) < 4.78 is 12.6. The van der Waals surface area contributed by atoms with E-state index in [2.05, 4.69) is 5.73 Å². The summed E-state index contributed by atoms with van der Waals surface area (Å²) in [6.07, 6.45) is 3.01. The quantitative estimate of drug-likeness (QED) is 0.384. The van der Waals surface area contributed by atoms with Crippen LogP contribution in [0.1, 0.15) is 6.42 Å². The molecule has 1 aliphatic carbocycles. The van der Waals surface area contributed by atoms with Gasteiger partial charge in [-0.25, -0.2) is 4.39 Å². The molecular weight excluding hydrogens is 177 g/mol. The summed E-state index contributed by atoms with van der Waals surface area (Å²) in [5, 5.41) is 19.4. The molecule has 0 unspecified atom stereocenters. The molecule has 0 atom stereocenters. The van der Waals surface area contributed by atoms with Gasteiger partial charge >= 0.3 is 5.70 Å². The molecule has 13 heavy (non-hydrogen) atoms. The molecule has 5 heteroatoms. The number of rotatable bonds is 1. The predicted molar refractivity (Wildman–Crippen MR) is 43.1 cm³/mol. The first kappa shape index (κ1) is 9.22. The van der Waals surface area contributed by atoms with Crippen LogP contribution in [-0.4, -0.2) is 10.0 Å². The molecule has 0 aromatic carbocycles. The Morgan fingerprint density at radius 1 is 1.69 bits per heavy atom. The molecule has 0 spiro atoms. The highest BCUT2D eigenvalue weighted by atomic mass is 19.1. The first-order valence-electron chi connectivity index (χ1n) is 3.46. The van der Waals surface area contributed by atoms with Gasteiger partial charge in [0, 0.05) is 6.42 Å². The van der Waals surface area contributed by atoms with Crippen LogP contribution in [0, 0.1) is 10.1 Å². The van der Waals surface area contributed by atoms with Crippen molar-refractivity contribution in [2.75, 3.05) is 0 Å². The third kappa shape index (κ3) is 2.28. The van der Waals surface area contributed by atoms with E-state index >= 15 is 0 Å². The Morgan fingerprint density at radius 2 is 2.38 bits per heavy atom. The van der Waals surface area contributed by atoms with Gasteiger partial charge in [-0.3, -0.25) is 10.1 Å². The molecule has 0 saturated carbocycles. The summed E-state index contributed by atoms with van der Waals surface area (Å²) in [6, 6.07) is 0. The van der Waals surface area contributed by atoms with Crippen molar-refractivity contribution in [2.24, 2.45) is 0 Å². The molecule has 0 aromatic heterocycles. The molecule has 1 rings (SSSR count). The van der Waals surface area contributed by atoms with Crippen molar-refractivity contribution in [3.05, 3.63) is 51.4 Å². The Bertz CT molecular complexity index is 362. The van der Waals surface area contributed by atoms with Crippen molar-refractivity contribution in [3.63, 3.8) is 0 Å². The van der Waals surface area contributed by atoms with E-state index in [1.807, 2.05) is 0 Å². The van der Waals surface area contributed by atoms with Crippen molar-refractivity contribution < 1.29 is 14.4 Å². The molecule has 4 nitrogen and oxygen atoms in total. The van der Waals surface area contributed by atoms with E-state index in [1.165, 1.54) is 0 Å². The van der Waals surface area contributed by atoms with Gasteiger partial charge in [0.15, 0.2) is 5.76 Å². The Balaban J connectivity index is 3.17. The molecule has 0 aromatic rings. The smallest absolute Gasteiger partial charge is 0.352 e. The largest absolute Gasteiger partial charge is 0.502 e. The number of halogens is 1. The van der Waals surface area contributed by atoms with Gasteiger partial charge in [-0.15, -0.1) is 0 Å². The van der Waals surface area contributed by atoms with E-state index in [0.29, 0.717) is 0 Å². The van der Waals surface area contributed by atoms with E-state index in [-0.39, 0.29) is 6.42 Å². The molecule has 1 N–H and O–H groups in total. The molecule has 0 amide bonds. The standard InChI is InChI=1S/C8H6FNO3/c9-6-2-1-3-7(10(12)13)8(11)5-4-6/h1-2,5,11H,4H2/b6-2+,8-5+. The van der Waals surface area contributed by atoms with Gasteiger partial charge in [0.05, 0.1) is 4.92 Å². The molecule has 0 radical (unpaired) electrons. The topological polar surface area (TPSA) is 63.4 Å². The highest BCUT2D eigenvalue weighted by Crippen LogP contribution is 2.13. The number of hydrogen-bond acceptors (Lipinski definition) is 3. The molecule has 0 aliphatic heterocycles. The predicted octanol–water partition coefficient (Wildman–Crippen LogP) is 2.00. The Morgan fingerprint density at radius 3 is 3.00 bits per heavy atom. The van der Waals surface area contributed by atoms with Crippen LogP contribution in [0.5, 0.6) is 0 Å². The Hall–Kier alpha value is -1.87. The Labute approximate surface area is 73.1 Å². The summed E-state index contributed by atoms with van der Waals surface area (Å²) >= 11 is 0. The van der Waals surface area contributed by atoms with Gasteiger partial charge in [-0.1, -0.05) is 0 Å². The molecule has 1 aliphatic rings. The normalized spacial score (nSPS) is 24.5. The molecular formula is C8H6FNO3. The fraction of sp³-hybridized carbons (Fsp3) is 0.125. The van der Waals surface area contributed by atoms with Crippen molar-refractivity contribution in [2.45, 2.75) is 6.42 Å². The number of nitrogens with zero attached hydrogens (tertiary/aromatic N) is 1. The number of aliphatic hydroxyl groups excluding tert-OH is 1. The maximum absolute atomic E-state index is 12.6.